The highest BCUT2D eigenvalue weighted by molar-refractivity contribution is 5.79. The van der Waals surface area contributed by atoms with Gasteiger partial charge in [-0.25, -0.2) is 9.78 Å². The van der Waals surface area contributed by atoms with E-state index in [1.54, 1.807) is 12.1 Å². The summed E-state index contributed by atoms with van der Waals surface area (Å²) in [5, 5.41) is 2.75. The molecule has 1 aliphatic rings. The van der Waals surface area contributed by atoms with E-state index in [-0.39, 0.29) is 12.5 Å². The number of benzene rings is 2. The average molecular weight is 402 g/mol. The molecule has 1 aromatic heterocycles. The summed E-state index contributed by atoms with van der Waals surface area (Å²) in [6, 6.07) is 18.2. The van der Waals surface area contributed by atoms with Crippen molar-refractivity contribution in [1.29, 1.82) is 0 Å². The Morgan fingerprint density at radius 1 is 1.13 bits per heavy atom. The largest absolute Gasteiger partial charge is 0.449 e. The first-order chi connectivity index (χ1) is 14.6. The third-order valence-corrected chi connectivity index (χ3v) is 5.22. The van der Waals surface area contributed by atoms with Gasteiger partial charge in [0.2, 0.25) is 5.95 Å². The van der Waals surface area contributed by atoms with Crippen molar-refractivity contribution in [2.24, 2.45) is 0 Å². The van der Waals surface area contributed by atoms with E-state index in [4.69, 9.17) is 4.74 Å². The van der Waals surface area contributed by atoms with Crippen molar-refractivity contribution in [3.63, 3.8) is 0 Å². The molecule has 1 amide bonds. The molecular formula is C25H23FN2O2. The van der Waals surface area contributed by atoms with Gasteiger partial charge in [-0.05, 0) is 47.2 Å². The summed E-state index contributed by atoms with van der Waals surface area (Å²) in [5.41, 5.74) is 6.10. The van der Waals surface area contributed by atoms with Crippen molar-refractivity contribution in [2.45, 2.75) is 19.3 Å². The lowest BCUT2D eigenvalue weighted by molar-refractivity contribution is 0.143. The van der Waals surface area contributed by atoms with Crippen LogP contribution in [0.4, 0.5) is 9.18 Å². The maximum atomic E-state index is 13.6. The van der Waals surface area contributed by atoms with Gasteiger partial charge in [-0.3, -0.25) is 0 Å². The lowest BCUT2D eigenvalue weighted by atomic mass is 9.98. The van der Waals surface area contributed by atoms with Gasteiger partial charge in [0.05, 0.1) is 0 Å². The number of aromatic nitrogens is 1. The molecule has 1 aliphatic carbocycles. The van der Waals surface area contributed by atoms with Crippen LogP contribution in [-0.4, -0.2) is 24.2 Å². The van der Waals surface area contributed by atoms with Crippen LogP contribution < -0.4 is 5.32 Å². The maximum absolute atomic E-state index is 13.6. The fraction of sp³-hybridized carbons (Fsp3) is 0.200. The molecule has 3 aromatic rings. The second-order valence-electron chi connectivity index (χ2n) is 7.34. The third-order valence-electron chi connectivity index (χ3n) is 5.22. The van der Waals surface area contributed by atoms with Gasteiger partial charge in [-0.1, -0.05) is 60.7 Å². The molecule has 30 heavy (non-hydrogen) atoms. The summed E-state index contributed by atoms with van der Waals surface area (Å²) in [6.45, 7) is 2.56. The van der Waals surface area contributed by atoms with Crippen LogP contribution in [0.2, 0.25) is 0 Å². The summed E-state index contributed by atoms with van der Waals surface area (Å²) in [6.07, 6.45) is 5.09. The average Bonchev–Trinajstić information content (AvgIpc) is 3.08. The number of pyridine rings is 1. The highest BCUT2D eigenvalue weighted by Gasteiger charge is 2.28. The van der Waals surface area contributed by atoms with Gasteiger partial charge >= 0.3 is 6.09 Å². The number of carbonyl (C=O) groups excluding carboxylic acids is 1. The number of halogens is 1. The van der Waals surface area contributed by atoms with Gasteiger partial charge in [0.25, 0.3) is 0 Å². The maximum Gasteiger partial charge on any atom is 0.407 e. The number of hydrogen-bond donors (Lipinski definition) is 1. The highest BCUT2D eigenvalue weighted by Crippen LogP contribution is 2.44. The van der Waals surface area contributed by atoms with Crippen molar-refractivity contribution in [3.8, 4) is 11.1 Å². The van der Waals surface area contributed by atoms with Crippen molar-refractivity contribution in [3.05, 3.63) is 95.1 Å². The predicted molar refractivity (Wildman–Crippen MR) is 116 cm³/mol. The number of fused-ring (bicyclic) bond motifs is 3. The standard InChI is InChI=1S/C25H23FN2O2/c1-17-14-18(24(26)28-15-17)8-6-7-13-27-25(29)30-16-23-21-11-4-2-9-19(21)20-10-3-5-12-22(20)23/h2-6,8-12,14-15,23H,7,13,16H2,1H3,(H,27,29). The molecule has 0 bridgehead atoms. The molecule has 0 radical (unpaired) electrons. The number of carbonyl (C=O) groups is 1. The molecule has 0 saturated carbocycles. The van der Waals surface area contributed by atoms with E-state index in [1.807, 2.05) is 37.3 Å². The molecule has 0 unspecified atom stereocenters. The number of ether oxygens (including phenoxy) is 1. The van der Waals surface area contributed by atoms with Crippen LogP contribution in [0, 0.1) is 12.9 Å². The van der Waals surface area contributed by atoms with Crippen LogP contribution in [-0.2, 0) is 4.74 Å². The van der Waals surface area contributed by atoms with Gasteiger partial charge < -0.3 is 10.1 Å². The van der Waals surface area contributed by atoms with Crippen molar-refractivity contribution in [1.82, 2.24) is 10.3 Å². The van der Waals surface area contributed by atoms with Crippen LogP contribution >= 0.6 is 0 Å². The zero-order valence-electron chi connectivity index (χ0n) is 16.8. The first-order valence-corrected chi connectivity index (χ1v) is 10.0. The summed E-state index contributed by atoms with van der Waals surface area (Å²) in [5.74, 6) is -0.457. The molecule has 2 aromatic carbocycles. The zero-order valence-corrected chi connectivity index (χ0v) is 16.8. The Bertz CT molecular complexity index is 1050. The summed E-state index contributed by atoms with van der Waals surface area (Å²) >= 11 is 0. The summed E-state index contributed by atoms with van der Waals surface area (Å²) < 4.78 is 19.1. The predicted octanol–water partition coefficient (Wildman–Crippen LogP) is 5.47. The van der Waals surface area contributed by atoms with E-state index in [1.165, 1.54) is 28.5 Å². The van der Waals surface area contributed by atoms with Crippen molar-refractivity contribution in [2.75, 3.05) is 13.2 Å². The minimum Gasteiger partial charge on any atom is -0.449 e. The molecule has 0 spiro atoms. The molecule has 5 heteroatoms. The number of nitrogens with one attached hydrogen (secondary N) is 1. The molecule has 0 fully saturated rings. The number of aryl methyl sites for hydroxylation is 1. The van der Waals surface area contributed by atoms with Crippen molar-refractivity contribution >= 4 is 12.2 Å². The van der Waals surface area contributed by atoms with Gasteiger partial charge in [-0.15, -0.1) is 0 Å². The molecule has 152 valence electrons. The van der Waals surface area contributed by atoms with Crippen LogP contribution in [0.25, 0.3) is 17.2 Å². The first-order valence-electron chi connectivity index (χ1n) is 10.0. The number of hydrogen-bond acceptors (Lipinski definition) is 3. The second kappa shape index (κ2) is 8.91. The lowest BCUT2D eigenvalue weighted by Crippen LogP contribution is -2.26. The molecule has 0 saturated heterocycles. The van der Waals surface area contributed by atoms with E-state index in [0.29, 0.717) is 18.5 Å². The normalized spacial score (nSPS) is 12.6. The van der Waals surface area contributed by atoms with E-state index in [0.717, 1.165) is 5.56 Å². The molecule has 4 nitrogen and oxygen atoms in total. The molecular weight excluding hydrogens is 379 g/mol. The van der Waals surface area contributed by atoms with E-state index in [9.17, 15) is 9.18 Å². The molecule has 4 rings (SSSR count). The minimum absolute atomic E-state index is 0.0415. The van der Waals surface area contributed by atoms with Gasteiger partial charge in [-0.2, -0.15) is 4.39 Å². The number of amides is 1. The van der Waals surface area contributed by atoms with Crippen LogP contribution in [0.5, 0.6) is 0 Å². The smallest absolute Gasteiger partial charge is 0.407 e. The summed E-state index contributed by atoms with van der Waals surface area (Å²) in [4.78, 5) is 15.8. The Morgan fingerprint density at radius 2 is 1.80 bits per heavy atom. The molecule has 0 aliphatic heterocycles. The highest BCUT2D eigenvalue weighted by atomic mass is 19.1. The third kappa shape index (κ3) is 4.25. The van der Waals surface area contributed by atoms with E-state index < -0.39 is 12.0 Å². The van der Waals surface area contributed by atoms with E-state index >= 15 is 0 Å². The molecule has 1 heterocycles. The van der Waals surface area contributed by atoms with Gasteiger partial charge in [0.15, 0.2) is 0 Å². The number of alkyl carbamates (subject to hydrolysis) is 1. The van der Waals surface area contributed by atoms with E-state index in [2.05, 4.69) is 34.6 Å². The van der Waals surface area contributed by atoms with Crippen LogP contribution in [0.15, 0.2) is 66.9 Å². The van der Waals surface area contributed by atoms with Gasteiger partial charge in [0.1, 0.15) is 6.61 Å². The van der Waals surface area contributed by atoms with Crippen LogP contribution in [0.3, 0.4) is 0 Å². The SMILES string of the molecule is Cc1cnc(F)c(C=CCCNC(=O)OCC2c3ccccc3-c3ccccc32)c1. The fourth-order valence-electron chi connectivity index (χ4n) is 3.81. The Morgan fingerprint density at radius 3 is 2.50 bits per heavy atom. The monoisotopic (exact) mass is 402 g/mol. The van der Waals surface area contributed by atoms with Crippen molar-refractivity contribution < 1.29 is 13.9 Å². The quantitative estimate of drug-likeness (QED) is 0.439. The number of rotatable bonds is 6. The Balaban J connectivity index is 1.28. The van der Waals surface area contributed by atoms with Crippen LogP contribution in [0.1, 0.15) is 34.6 Å². The number of nitrogens with zero attached hydrogens (tertiary/aromatic N) is 1. The zero-order chi connectivity index (χ0) is 20.9. The Hall–Kier alpha value is -3.47. The summed E-state index contributed by atoms with van der Waals surface area (Å²) in [7, 11) is 0. The second-order valence-corrected chi connectivity index (χ2v) is 7.34. The topological polar surface area (TPSA) is 51.2 Å². The Kier molecular flexibility index (Phi) is 5.89. The molecule has 1 N–H and O–H groups in total. The minimum atomic E-state index is -0.499. The van der Waals surface area contributed by atoms with Gasteiger partial charge in [0, 0.05) is 24.2 Å². The first kappa shape index (κ1) is 19.8. The lowest BCUT2D eigenvalue weighted by Gasteiger charge is -2.14. The Labute approximate surface area is 175 Å². The molecule has 0 atom stereocenters. The fourth-order valence-corrected chi connectivity index (χ4v) is 3.81.